The summed E-state index contributed by atoms with van der Waals surface area (Å²) in [6.07, 6.45) is 3.36. The third kappa shape index (κ3) is 5.77. The number of rotatable bonds is 7. The van der Waals surface area contributed by atoms with Gasteiger partial charge in [-0.2, -0.15) is 0 Å². The van der Waals surface area contributed by atoms with Crippen LogP contribution in [0.15, 0.2) is 42.5 Å². The average Bonchev–Trinajstić information content (AvgIpc) is 2.68. The zero-order valence-corrected chi connectivity index (χ0v) is 17.6. The van der Waals surface area contributed by atoms with Crippen molar-refractivity contribution in [2.45, 2.75) is 38.3 Å². The molecule has 1 aliphatic heterocycles. The summed E-state index contributed by atoms with van der Waals surface area (Å²) in [5.74, 6) is 1.16. The number of piperidine rings is 1. The smallest absolute Gasteiger partial charge is 0.213 e. The highest BCUT2D eigenvalue weighted by atomic mass is 32.2. The number of sulfonamides is 1. The van der Waals surface area contributed by atoms with Crippen LogP contribution < -0.4 is 9.46 Å². The number of aromatic nitrogens is 1. The largest absolute Gasteiger partial charge is 0.481 e. The minimum absolute atomic E-state index is 0.227. The first-order chi connectivity index (χ1) is 13.3. The maximum atomic E-state index is 11.4. The lowest BCUT2D eigenvalue weighted by molar-refractivity contribution is 0.203. The molecule has 0 amide bonds. The molecule has 6 nitrogen and oxygen atoms in total. The number of methoxy groups -OCH3 is 1. The number of benzene rings is 1. The zero-order valence-electron chi connectivity index (χ0n) is 16.8. The number of ether oxygens (including phenoxy) is 1. The van der Waals surface area contributed by atoms with E-state index in [9.17, 15) is 8.42 Å². The maximum absolute atomic E-state index is 11.4. The monoisotopic (exact) mass is 403 g/mol. The van der Waals surface area contributed by atoms with Crippen molar-refractivity contribution in [3.63, 3.8) is 0 Å². The van der Waals surface area contributed by atoms with Crippen LogP contribution in [0, 0.1) is 0 Å². The maximum Gasteiger partial charge on any atom is 0.213 e. The highest BCUT2D eigenvalue weighted by Gasteiger charge is 2.22. The molecule has 2 heterocycles. The summed E-state index contributed by atoms with van der Waals surface area (Å²) in [4.78, 5) is 7.05. The van der Waals surface area contributed by atoms with E-state index in [4.69, 9.17) is 4.74 Å². The van der Waals surface area contributed by atoms with Gasteiger partial charge in [-0.05, 0) is 50.0 Å². The third-order valence-electron chi connectivity index (χ3n) is 5.24. The number of hydrogen-bond acceptors (Lipinski definition) is 5. The molecule has 0 unspecified atom stereocenters. The topological polar surface area (TPSA) is 71.5 Å². The van der Waals surface area contributed by atoms with Crippen LogP contribution in [0.2, 0.25) is 0 Å². The van der Waals surface area contributed by atoms with E-state index >= 15 is 0 Å². The second-order valence-electron chi connectivity index (χ2n) is 7.51. The molecule has 2 aromatic rings. The Morgan fingerprint density at radius 2 is 1.86 bits per heavy atom. The van der Waals surface area contributed by atoms with Crippen molar-refractivity contribution in [2.75, 3.05) is 26.5 Å². The minimum atomic E-state index is -3.21. The molecule has 0 saturated carbocycles. The van der Waals surface area contributed by atoms with E-state index in [1.807, 2.05) is 31.2 Å². The van der Waals surface area contributed by atoms with Crippen LogP contribution in [0.5, 0.6) is 5.88 Å². The van der Waals surface area contributed by atoms with Gasteiger partial charge in [0.2, 0.25) is 15.9 Å². The highest BCUT2D eigenvalue weighted by Crippen LogP contribution is 2.28. The Morgan fingerprint density at radius 3 is 2.46 bits per heavy atom. The molecular weight excluding hydrogens is 374 g/mol. The summed E-state index contributed by atoms with van der Waals surface area (Å²) in [6.45, 7) is 4.84. The summed E-state index contributed by atoms with van der Waals surface area (Å²) >= 11 is 0. The van der Waals surface area contributed by atoms with Crippen LogP contribution in [0.3, 0.4) is 0 Å². The molecule has 1 N–H and O–H groups in total. The fraction of sp³-hybridized carbons (Fsp3) is 0.476. The molecule has 1 saturated heterocycles. The second-order valence-corrected chi connectivity index (χ2v) is 9.29. The van der Waals surface area contributed by atoms with Crippen LogP contribution in [0.1, 0.15) is 48.5 Å². The van der Waals surface area contributed by atoms with Gasteiger partial charge in [0.05, 0.1) is 13.4 Å². The van der Waals surface area contributed by atoms with Crippen LogP contribution in [0.25, 0.3) is 0 Å². The van der Waals surface area contributed by atoms with Gasteiger partial charge in [-0.1, -0.05) is 30.3 Å². The van der Waals surface area contributed by atoms with Crippen molar-refractivity contribution < 1.29 is 13.2 Å². The molecule has 1 atom stereocenters. The molecular formula is C21H29N3O3S. The number of nitrogens with one attached hydrogen (secondary N) is 1. The fourth-order valence-electron chi connectivity index (χ4n) is 3.72. The van der Waals surface area contributed by atoms with Gasteiger partial charge in [-0.15, -0.1) is 0 Å². The highest BCUT2D eigenvalue weighted by molar-refractivity contribution is 7.88. The fourth-order valence-corrected chi connectivity index (χ4v) is 4.50. The van der Waals surface area contributed by atoms with Crippen LogP contribution in [0.4, 0.5) is 0 Å². The third-order valence-corrected chi connectivity index (χ3v) is 6.02. The normalized spacial score (nSPS) is 17.4. The van der Waals surface area contributed by atoms with E-state index in [-0.39, 0.29) is 6.04 Å². The van der Waals surface area contributed by atoms with Gasteiger partial charge in [-0.3, -0.25) is 4.90 Å². The predicted octanol–water partition coefficient (Wildman–Crippen LogP) is 3.08. The van der Waals surface area contributed by atoms with Crippen molar-refractivity contribution in [1.82, 2.24) is 14.6 Å². The Labute approximate surface area is 168 Å². The molecule has 3 rings (SSSR count). The first kappa shape index (κ1) is 20.8. The Bertz CT molecular complexity index is 876. The van der Waals surface area contributed by atoms with Crippen molar-refractivity contribution >= 4 is 10.0 Å². The molecule has 0 spiro atoms. The van der Waals surface area contributed by atoms with Crippen molar-refractivity contribution in [2.24, 2.45) is 0 Å². The predicted molar refractivity (Wildman–Crippen MR) is 111 cm³/mol. The second kappa shape index (κ2) is 9.03. The first-order valence-corrected chi connectivity index (χ1v) is 11.5. The molecule has 1 aromatic carbocycles. The van der Waals surface area contributed by atoms with E-state index in [0.29, 0.717) is 11.8 Å². The zero-order chi connectivity index (χ0) is 20.1. The minimum Gasteiger partial charge on any atom is -0.481 e. The summed E-state index contributed by atoms with van der Waals surface area (Å²) in [5.41, 5.74) is 3.33. The summed E-state index contributed by atoms with van der Waals surface area (Å²) < 4.78 is 30.6. The summed E-state index contributed by atoms with van der Waals surface area (Å²) in [6, 6.07) is 13.9. The van der Waals surface area contributed by atoms with E-state index in [1.165, 1.54) is 11.8 Å². The molecule has 0 bridgehead atoms. The number of pyridine rings is 1. The molecule has 1 aromatic heterocycles. The average molecular weight is 404 g/mol. The van der Waals surface area contributed by atoms with E-state index in [2.05, 4.69) is 32.8 Å². The lowest BCUT2D eigenvalue weighted by atomic mass is 9.92. The quantitative estimate of drug-likeness (QED) is 0.769. The lowest BCUT2D eigenvalue weighted by Gasteiger charge is -2.31. The van der Waals surface area contributed by atoms with E-state index < -0.39 is 10.0 Å². The number of likely N-dealkylation sites (tertiary alicyclic amines) is 1. The Kier molecular flexibility index (Phi) is 6.69. The van der Waals surface area contributed by atoms with Gasteiger partial charge in [0.1, 0.15) is 0 Å². The first-order valence-electron chi connectivity index (χ1n) is 9.63. The van der Waals surface area contributed by atoms with Crippen LogP contribution in [-0.2, 0) is 16.6 Å². The molecule has 0 aliphatic carbocycles. The van der Waals surface area contributed by atoms with Crippen LogP contribution in [-0.4, -0.2) is 44.8 Å². The SMILES string of the molecule is COc1cccc(C2CCN(Cc3ccc([C@@H](C)NS(C)(=O)=O)cc3)CC2)n1. The molecule has 152 valence electrons. The number of nitrogens with zero attached hydrogens (tertiary/aromatic N) is 2. The van der Waals surface area contributed by atoms with E-state index in [0.717, 1.165) is 43.7 Å². The van der Waals surface area contributed by atoms with Crippen LogP contribution >= 0.6 is 0 Å². The molecule has 1 fully saturated rings. The van der Waals surface area contributed by atoms with Gasteiger partial charge in [0.25, 0.3) is 0 Å². The van der Waals surface area contributed by atoms with Crippen molar-refractivity contribution in [3.05, 3.63) is 59.3 Å². The van der Waals surface area contributed by atoms with Gasteiger partial charge < -0.3 is 4.74 Å². The van der Waals surface area contributed by atoms with Gasteiger partial charge in [0.15, 0.2) is 0 Å². The van der Waals surface area contributed by atoms with Crippen molar-refractivity contribution in [1.29, 1.82) is 0 Å². The Morgan fingerprint density at radius 1 is 1.18 bits per heavy atom. The standard InChI is InChI=1S/C21H29N3O3S/c1-16(23-28(3,25)26)18-9-7-17(8-10-18)15-24-13-11-19(12-14-24)20-5-4-6-21(22-20)27-2/h4-10,16,19,23H,11-15H2,1-3H3/t16-/m1/s1. The Balaban J connectivity index is 1.53. The molecule has 7 heteroatoms. The molecule has 0 radical (unpaired) electrons. The molecule has 1 aliphatic rings. The summed E-state index contributed by atoms with van der Waals surface area (Å²) in [7, 11) is -1.56. The van der Waals surface area contributed by atoms with Gasteiger partial charge in [0, 0.05) is 30.3 Å². The van der Waals surface area contributed by atoms with Crippen molar-refractivity contribution in [3.8, 4) is 5.88 Å². The molecule has 28 heavy (non-hydrogen) atoms. The van der Waals surface area contributed by atoms with Gasteiger partial charge in [-0.25, -0.2) is 18.1 Å². The number of hydrogen-bond donors (Lipinski definition) is 1. The lowest BCUT2D eigenvalue weighted by Crippen LogP contribution is -2.32. The van der Waals surface area contributed by atoms with E-state index in [1.54, 1.807) is 7.11 Å². The van der Waals surface area contributed by atoms with Gasteiger partial charge >= 0.3 is 0 Å². The Hall–Kier alpha value is -1.96. The summed E-state index contributed by atoms with van der Waals surface area (Å²) in [5, 5.41) is 0.